The van der Waals surface area contributed by atoms with Crippen LogP contribution in [0.25, 0.3) is 0 Å². The Bertz CT molecular complexity index is 469. The van der Waals surface area contributed by atoms with Crippen LogP contribution in [0.5, 0.6) is 0 Å². The van der Waals surface area contributed by atoms with Crippen molar-refractivity contribution in [3.05, 3.63) is 34.9 Å². The SMILES string of the molecule is CCCNC(c1cc(CC)ccc1CC)C1C2CCCC21. The highest BCUT2D eigenvalue weighted by Crippen LogP contribution is 2.62. The summed E-state index contributed by atoms with van der Waals surface area (Å²) in [4.78, 5) is 0. The highest BCUT2D eigenvalue weighted by atomic mass is 14.9. The first-order valence-corrected chi connectivity index (χ1v) is 9.15. The fourth-order valence-electron chi connectivity index (χ4n) is 4.60. The molecule has 1 aromatic rings. The van der Waals surface area contributed by atoms with Crippen LogP contribution in [0.1, 0.15) is 69.2 Å². The number of aryl methyl sites for hydroxylation is 2. The van der Waals surface area contributed by atoms with Gasteiger partial charge in [0.1, 0.15) is 0 Å². The maximum atomic E-state index is 3.90. The van der Waals surface area contributed by atoms with Crippen LogP contribution in [0.15, 0.2) is 18.2 Å². The van der Waals surface area contributed by atoms with Gasteiger partial charge in [-0.3, -0.25) is 0 Å². The third kappa shape index (κ3) is 2.90. The Labute approximate surface area is 130 Å². The Morgan fingerprint density at radius 1 is 1.10 bits per heavy atom. The molecule has 1 heteroatoms. The summed E-state index contributed by atoms with van der Waals surface area (Å²) in [5.74, 6) is 2.96. The molecule has 2 fully saturated rings. The van der Waals surface area contributed by atoms with Crippen LogP contribution in [0.2, 0.25) is 0 Å². The Kier molecular flexibility index (Phi) is 4.69. The molecule has 0 saturated heterocycles. The van der Waals surface area contributed by atoms with Crippen molar-refractivity contribution in [2.45, 2.75) is 65.3 Å². The lowest BCUT2D eigenvalue weighted by molar-refractivity contribution is 0.415. The molecule has 1 N–H and O–H groups in total. The van der Waals surface area contributed by atoms with E-state index in [1.807, 2.05) is 0 Å². The van der Waals surface area contributed by atoms with Gasteiger partial charge >= 0.3 is 0 Å². The van der Waals surface area contributed by atoms with Crippen molar-refractivity contribution in [2.75, 3.05) is 6.54 Å². The maximum absolute atomic E-state index is 3.90. The molecule has 0 heterocycles. The van der Waals surface area contributed by atoms with E-state index >= 15 is 0 Å². The monoisotopic (exact) mass is 285 g/mol. The van der Waals surface area contributed by atoms with Crippen molar-refractivity contribution < 1.29 is 0 Å². The molecular weight excluding hydrogens is 254 g/mol. The summed E-state index contributed by atoms with van der Waals surface area (Å²) in [6.07, 6.45) is 7.97. The molecule has 0 spiro atoms. The van der Waals surface area contributed by atoms with Gasteiger partial charge in [0.05, 0.1) is 0 Å². The standard InChI is InChI=1S/C20H31N/c1-4-12-21-20(19-16-8-7-9-17(16)19)18-13-14(5-2)10-11-15(18)6-3/h10-11,13,16-17,19-21H,4-9,12H2,1-3H3. The van der Waals surface area contributed by atoms with Crippen LogP contribution in [-0.2, 0) is 12.8 Å². The molecule has 1 nitrogen and oxygen atoms in total. The fraction of sp³-hybridized carbons (Fsp3) is 0.700. The summed E-state index contributed by atoms with van der Waals surface area (Å²) in [6, 6.07) is 7.82. The van der Waals surface area contributed by atoms with E-state index in [9.17, 15) is 0 Å². The number of hydrogen-bond acceptors (Lipinski definition) is 1. The van der Waals surface area contributed by atoms with Gasteiger partial charge in [-0.2, -0.15) is 0 Å². The summed E-state index contributed by atoms with van der Waals surface area (Å²) in [6.45, 7) is 8.00. The van der Waals surface area contributed by atoms with Crippen LogP contribution < -0.4 is 5.32 Å². The Morgan fingerprint density at radius 3 is 2.48 bits per heavy atom. The van der Waals surface area contributed by atoms with Crippen LogP contribution in [-0.4, -0.2) is 6.54 Å². The predicted octanol–water partition coefficient (Wildman–Crippen LogP) is 4.90. The highest BCUT2D eigenvalue weighted by Gasteiger charge is 2.56. The van der Waals surface area contributed by atoms with Gasteiger partial charge < -0.3 is 5.32 Å². The zero-order chi connectivity index (χ0) is 14.8. The average molecular weight is 285 g/mol. The third-order valence-electron chi connectivity index (χ3n) is 5.81. The molecule has 1 aromatic carbocycles. The summed E-state index contributed by atoms with van der Waals surface area (Å²) in [7, 11) is 0. The van der Waals surface area contributed by atoms with Crippen molar-refractivity contribution in [2.24, 2.45) is 17.8 Å². The van der Waals surface area contributed by atoms with E-state index in [1.165, 1.54) is 31.2 Å². The topological polar surface area (TPSA) is 12.0 Å². The van der Waals surface area contributed by atoms with Crippen molar-refractivity contribution in [3.8, 4) is 0 Å². The molecule has 0 radical (unpaired) electrons. The Balaban J connectivity index is 1.88. The molecule has 0 aromatic heterocycles. The van der Waals surface area contributed by atoms with Gasteiger partial charge in [-0.25, -0.2) is 0 Å². The second-order valence-corrected chi connectivity index (χ2v) is 7.01. The Hall–Kier alpha value is -0.820. The second-order valence-electron chi connectivity index (χ2n) is 7.01. The smallest absolute Gasteiger partial charge is 0.0357 e. The predicted molar refractivity (Wildman–Crippen MR) is 90.6 cm³/mol. The number of nitrogens with one attached hydrogen (secondary N) is 1. The summed E-state index contributed by atoms with van der Waals surface area (Å²) < 4.78 is 0. The quantitative estimate of drug-likeness (QED) is 0.751. The van der Waals surface area contributed by atoms with Crippen molar-refractivity contribution in [1.29, 1.82) is 0 Å². The lowest BCUT2D eigenvalue weighted by atomic mass is 9.90. The first kappa shape index (κ1) is 15.1. The zero-order valence-electron chi connectivity index (χ0n) is 14.0. The highest BCUT2D eigenvalue weighted by molar-refractivity contribution is 5.36. The van der Waals surface area contributed by atoms with Crippen LogP contribution >= 0.6 is 0 Å². The van der Waals surface area contributed by atoms with Crippen LogP contribution in [0.4, 0.5) is 0 Å². The largest absolute Gasteiger partial charge is 0.310 e. The molecule has 0 aliphatic heterocycles. The van der Waals surface area contributed by atoms with Crippen LogP contribution in [0, 0.1) is 17.8 Å². The maximum Gasteiger partial charge on any atom is 0.0357 e. The van der Waals surface area contributed by atoms with Gasteiger partial charge in [-0.1, -0.05) is 45.4 Å². The van der Waals surface area contributed by atoms with Gasteiger partial charge in [0.25, 0.3) is 0 Å². The minimum absolute atomic E-state index is 0.613. The summed E-state index contributed by atoms with van der Waals surface area (Å²) in [5, 5.41) is 3.90. The number of hydrogen-bond donors (Lipinski definition) is 1. The zero-order valence-corrected chi connectivity index (χ0v) is 14.0. The van der Waals surface area contributed by atoms with E-state index in [0.29, 0.717) is 6.04 Å². The minimum atomic E-state index is 0.613. The molecule has 0 amide bonds. The number of rotatable bonds is 7. The molecule has 21 heavy (non-hydrogen) atoms. The van der Waals surface area contributed by atoms with E-state index in [-0.39, 0.29) is 0 Å². The molecule has 2 aliphatic rings. The molecule has 2 saturated carbocycles. The van der Waals surface area contributed by atoms with Crippen LogP contribution in [0.3, 0.4) is 0 Å². The molecule has 0 bridgehead atoms. The molecule has 3 atom stereocenters. The van der Waals surface area contributed by atoms with Crippen molar-refractivity contribution in [3.63, 3.8) is 0 Å². The van der Waals surface area contributed by atoms with Gasteiger partial charge in [-0.15, -0.1) is 0 Å². The normalized spacial score (nSPS) is 28.4. The van der Waals surface area contributed by atoms with Crippen molar-refractivity contribution in [1.82, 2.24) is 5.32 Å². The van der Waals surface area contributed by atoms with Crippen molar-refractivity contribution >= 4 is 0 Å². The average Bonchev–Trinajstić information content (AvgIpc) is 2.98. The molecular formula is C20H31N. The Morgan fingerprint density at radius 2 is 1.86 bits per heavy atom. The third-order valence-corrected chi connectivity index (χ3v) is 5.81. The lowest BCUT2D eigenvalue weighted by Gasteiger charge is -2.24. The van der Waals surface area contributed by atoms with E-state index in [0.717, 1.165) is 37.1 Å². The van der Waals surface area contributed by atoms with Gasteiger partial charge in [0.15, 0.2) is 0 Å². The second kappa shape index (κ2) is 6.52. The van der Waals surface area contributed by atoms with E-state index in [4.69, 9.17) is 0 Å². The van der Waals surface area contributed by atoms with E-state index in [2.05, 4.69) is 44.3 Å². The fourth-order valence-corrected chi connectivity index (χ4v) is 4.60. The molecule has 3 unspecified atom stereocenters. The van der Waals surface area contributed by atoms with Gasteiger partial charge in [0.2, 0.25) is 0 Å². The van der Waals surface area contributed by atoms with Gasteiger partial charge in [0, 0.05) is 6.04 Å². The molecule has 3 rings (SSSR count). The number of benzene rings is 1. The van der Waals surface area contributed by atoms with E-state index < -0.39 is 0 Å². The summed E-state index contributed by atoms with van der Waals surface area (Å²) >= 11 is 0. The van der Waals surface area contributed by atoms with Gasteiger partial charge in [-0.05, 0) is 73.1 Å². The first-order valence-electron chi connectivity index (χ1n) is 9.15. The summed E-state index contributed by atoms with van der Waals surface area (Å²) in [5.41, 5.74) is 4.67. The molecule has 116 valence electrons. The number of fused-ring (bicyclic) bond motifs is 1. The minimum Gasteiger partial charge on any atom is -0.310 e. The lowest BCUT2D eigenvalue weighted by Crippen LogP contribution is -2.26. The first-order chi connectivity index (χ1) is 10.3. The molecule has 2 aliphatic carbocycles. The van der Waals surface area contributed by atoms with E-state index in [1.54, 1.807) is 11.1 Å².